The summed E-state index contributed by atoms with van der Waals surface area (Å²) in [5, 5.41) is 18.4. The number of hydrogen-bond donors (Lipinski definition) is 2. The first kappa shape index (κ1) is 31.2. The van der Waals surface area contributed by atoms with E-state index in [0.29, 0.717) is 32.6 Å². The highest BCUT2D eigenvalue weighted by molar-refractivity contribution is 7.07. The molecule has 0 bridgehead atoms. The Hall–Kier alpha value is -3.01. The predicted octanol–water partition coefficient (Wildman–Crippen LogP) is 5.15. The van der Waals surface area contributed by atoms with Gasteiger partial charge in [0.2, 0.25) is 0 Å². The molecule has 2 aromatic rings. The van der Waals surface area contributed by atoms with Gasteiger partial charge >= 0.3 is 24.3 Å². The highest BCUT2D eigenvalue weighted by atomic mass is 32.1. The van der Waals surface area contributed by atoms with Gasteiger partial charge in [0.25, 0.3) is 5.92 Å². The maximum Gasteiger partial charge on any atom is 0.490 e. The van der Waals surface area contributed by atoms with Crippen LogP contribution in [0.4, 0.5) is 40.8 Å². The van der Waals surface area contributed by atoms with Gasteiger partial charge in [-0.2, -0.15) is 37.7 Å². The first-order chi connectivity index (χ1) is 17.5. The molecule has 7 nitrogen and oxygen atoms in total. The SMILES string of the molecule is FC1(F)CCN(Cc2ccsc2)CC12CCN(c1cccnc1)C2.O=C(O)C(F)(F)F.O=C(O)C(F)(F)F. The Morgan fingerprint density at radius 1 is 0.974 bits per heavy atom. The van der Waals surface area contributed by atoms with Crippen molar-refractivity contribution in [1.29, 1.82) is 0 Å². The lowest BCUT2D eigenvalue weighted by Gasteiger charge is -2.46. The van der Waals surface area contributed by atoms with Gasteiger partial charge in [0.15, 0.2) is 0 Å². The van der Waals surface area contributed by atoms with Crippen LogP contribution < -0.4 is 4.90 Å². The van der Waals surface area contributed by atoms with Crippen LogP contribution in [-0.4, -0.2) is 76.5 Å². The Balaban J connectivity index is 0.000000301. The number of nitrogens with zero attached hydrogens (tertiary/aromatic N) is 3. The number of likely N-dealkylation sites (tertiary alicyclic amines) is 1. The van der Waals surface area contributed by atoms with Gasteiger partial charge in [0, 0.05) is 45.3 Å². The summed E-state index contributed by atoms with van der Waals surface area (Å²) in [6.45, 7) is 2.79. The van der Waals surface area contributed by atoms with E-state index in [9.17, 15) is 35.1 Å². The second kappa shape index (κ2) is 12.2. The van der Waals surface area contributed by atoms with E-state index in [1.807, 2.05) is 17.5 Å². The van der Waals surface area contributed by atoms with Crippen molar-refractivity contribution in [2.45, 2.75) is 37.7 Å². The average molecular weight is 577 g/mol. The number of rotatable bonds is 3. The molecular formula is C22H23F8N3O4S. The second-order valence-electron chi connectivity index (χ2n) is 8.57. The average Bonchev–Trinajstić information content (AvgIpc) is 3.48. The fourth-order valence-corrected chi connectivity index (χ4v) is 4.68. The van der Waals surface area contributed by atoms with Gasteiger partial charge in [-0.15, -0.1) is 0 Å². The zero-order valence-corrected chi connectivity index (χ0v) is 20.3. The molecule has 2 saturated heterocycles. The minimum atomic E-state index is -5.08. The lowest BCUT2D eigenvalue weighted by Crippen LogP contribution is -2.56. The van der Waals surface area contributed by atoms with Crippen molar-refractivity contribution in [2.75, 3.05) is 31.1 Å². The molecule has 0 aliphatic carbocycles. The van der Waals surface area contributed by atoms with Crippen molar-refractivity contribution in [3.05, 3.63) is 46.9 Å². The molecule has 2 aromatic heterocycles. The van der Waals surface area contributed by atoms with Gasteiger partial charge in [-0.25, -0.2) is 18.4 Å². The first-order valence-electron chi connectivity index (χ1n) is 10.8. The third-order valence-corrected chi connectivity index (χ3v) is 6.61. The highest BCUT2D eigenvalue weighted by Gasteiger charge is 2.59. The van der Waals surface area contributed by atoms with E-state index >= 15 is 0 Å². The van der Waals surface area contributed by atoms with Gasteiger partial charge < -0.3 is 15.1 Å². The summed E-state index contributed by atoms with van der Waals surface area (Å²) >= 11 is 1.66. The molecule has 16 heteroatoms. The monoisotopic (exact) mass is 577 g/mol. The van der Waals surface area contributed by atoms with E-state index < -0.39 is 35.6 Å². The molecular weight excluding hydrogens is 554 g/mol. The first-order valence-corrected chi connectivity index (χ1v) is 11.8. The fourth-order valence-electron chi connectivity index (χ4n) is 4.02. The van der Waals surface area contributed by atoms with Crippen LogP contribution in [0.15, 0.2) is 41.4 Å². The molecule has 0 radical (unpaired) electrons. The summed E-state index contributed by atoms with van der Waals surface area (Å²) in [5.74, 6) is -8.12. The summed E-state index contributed by atoms with van der Waals surface area (Å²) in [6.07, 6.45) is -6.19. The van der Waals surface area contributed by atoms with Crippen molar-refractivity contribution < 1.29 is 54.9 Å². The second-order valence-corrected chi connectivity index (χ2v) is 9.35. The molecule has 38 heavy (non-hydrogen) atoms. The molecule has 1 unspecified atom stereocenters. The fraction of sp³-hybridized carbons (Fsp3) is 0.500. The molecule has 1 spiro atoms. The Labute approximate surface area is 215 Å². The minimum Gasteiger partial charge on any atom is -0.475 e. The number of carboxylic acid groups (broad SMARTS) is 2. The van der Waals surface area contributed by atoms with Crippen LogP contribution in [0.25, 0.3) is 0 Å². The number of thiophene rings is 1. The molecule has 0 saturated carbocycles. The maximum absolute atomic E-state index is 14.8. The Kier molecular flexibility index (Phi) is 10.0. The molecule has 0 amide bonds. The quantitative estimate of drug-likeness (QED) is 0.488. The number of hydrogen-bond acceptors (Lipinski definition) is 6. The zero-order chi connectivity index (χ0) is 28.8. The zero-order valence-electron chi connectivity index (χ0n) is 19.5. The van der Waals surface area contributed by atoms with E-state index in [1.165, 1.54) is 5.56 Å². The lowest BCUT2D eigenvalue weighted by molar-refractivity contribution is -0.193. The van der Waals surface area contributed by atoms with E-state index in [2.05, 4.69) is 26.2 Å². The molecule has 0 aromatic carbocycles. The molecule has 2 N–H and O–H groups in total. The van der Waals surface area contributed by atoms with Crippen LogP contribution in [0.2, 0.25) is 0 Å². The summed E-state index contributed by atoms with van der Waals surface area (Å²) in [4.78, 5) is 26.2. The number of piperidine rings is 1. The summed E-state index contributed by atoms with van der Waals surface area (Å²) < 4.78 is 93.2. The largest absolute Gasteiger partial charge is 0.490 e. The molecule has 4 rings (SSSR count). The maximum atomic E-state index is 14.8. The predicted molar refractivity (Wildman–Crippen MR) is 120 cm³/mol. The van der Waals surface area contributed by atoms with E-state index in [1.54, 1.807) is 23.7 Å². The van der Waals surface area contributed by atoms with Gasteiger partial charge in [0.1, 0.15) is 0 Å². The Morgan fingerprint density at radius 3 is 2.05 bits per heavy atom. The van der Waals surface area contributed by atoms with Crippen molar-refractivity contribution in [1.82, 2.24) is 9.88 Å². The molecule has 2 aliphatic heterocycles. The molecule has 212 valence electrons. The summed E-state index contributed by atoms with van der Waals surface area (Å²) in [6, 6.07) is 5.90. The van der Waals surface area contributed by atoms with Crippen LogP contribution in [0.1, 0.15) is 18.4 Å². The van der Waals surface area contributed by atoms with Gasteiger partial charge in [0.05, 0.1) is 17.3 Å². The lowest BCUT2D eigenvalue weighted by atomic mass is 9.75. The standard InChI is InChI=1S/C18H21F2N3S.2C2HF3O2/c19-18(20)5-7-22(11-15-3-9-24-12-15)13-17(18)4-8-23(14-17)16-2-1-6-21-10-16;2*3-2(4,5)1(6)7/h1-3,6,9-10,12H,4-5,7-8,11,13-14H2;2*(H,6,7). The van der Waals surface area contributed by atoms with Gasteiger partial charge in [-0.1, -0.05) is 0 Å². The number of carboxylic acids is 2. The minimum absolute atomic E-state index is 0.0436. The number of aromatic nitrogens is 1. The summed E-state index contributed by atoms with van der Waals surface area (Å²) in [5.41, 5.74) is 1.22. The van der Waals surface area contributed by atoms with Crippen LogP contribution in [0, 0.1) is 5.41 Å². The van der Waals surface area contributed by atoms with Gasteiger partial charge in [-0.3, -0.25) is 9.88 Å². The van der Waals surface area contributed by atoms with E-state index in [-0.39, 0.29) is 6.42 Å². The molecule has 1 atom stereocenters. The number of carbonyl (C=O) groups is 2. The van der Waals surface area contributed by atoms with Crippen molar-refractivity contribution in [2.24, 2.45) is 5.41 Å². The van der Waals surface area contributed by atoms with Crippen molar-refractivity contribution in [3.63, 3.8) is 0 Å². The third kappa shape index (κ3) is 8.51. The molecule has 2 aliphatic rings. The highest BCUT2D eigenvalue weighted by Crippen LogP contribution is 2.50. The topological polar surface area (TPSA) is 94.0 Å². The normalized spacial score (nSPS) is 21.2. The number of anilines is 1. The number of alkyl halides is 8. The Morgan fingerprint density at radius 2 is 1.58 bits per heavy atom. The third-order valence-electron chi connectivity index (χ3n) is 5.88. The van der Waals surface area contributed by atoms with Gasteiger partial charge in [-0.05, 0) is 40.9 Å². The van der Waals surface area contributed by atoms with Crippen LogP contribution >= 0.6 is 11.3 Å². The van der Waals surface area contributed by atoms with Crippen LogP contribution in [0.3, 0.4) is 0 Å². The van der Waals surface area contributed by atoms with Crippen LogP contribution in [-0.2, 0) is 16.1 Å². The number of halogens is 8. The van der Waals surface area contributed by atoms with Crippen molar-refractivity contribution >= 4 is 29.0 Å². The van der Waals surface area contributed by atoms with Crippen molar-refractivity contribution in [3.8, 4) is 0 Å². The number of aliphatic carboxylic acids is 2. The van der Waals surface area contributed by atoms with E-state index in [4.69, 9.17) is 19.8 Å². The Bertz CT molecular complexity index is 1030. The smallest absolute Gasteiger partial charge is 0.475 e. The van der Waals surface area contributed by atoms with E-state index in [0.717, 1.165) is 12.2 Å². The molecule has 2 fully saturated rings. The van der Waals surface area contributed by atoms with Crippen LogP contribution in [0.5, 0.6) is 0 Å². The number of pyridine rings is 1. The summed E-state index contributed by atoms with van der Waals surface area (Å²) in [7, 11) is 0. The molecule has 4 heterocycles.